The Morgan fingerprint density at radius 2 is 1.96 bits per heavy atom. The Hall–Kier alpha value is -2.58. The number of halogens is 2. The molecule has 9 heteroatoms. The van der Waals surface area contributed by atoms with Gasteiger partial charge in [0.25, 0.3) is 0 Å². The van der Waals surface area contributed by atoms with Crippen molar-refractivity contribution in [1.29, 1.82) is 0 Å². The van der Waals surface area contributed by atoms with Crippen molar-refractivity contribution in [3.8, 4) is 0 Å². The van der Waals surface area contributed by atoms with Crippen LogP contribution < -0.4 is 10.2 Å². The van der Waals surface area contributed by atoms with E-state index < -0.39 is 23.7 Å². The highest BCUT2D eigenvalue weighted by atomic mass is 35.5. The number of furan rings is 1. The predicted octanol–water partition coefficient (Wildman–Crippen LogP) is 1.94. The molecule has 25 heavy (non-hydrogen) atoms. The van der Waals surface area contributed by atoms with E-state index in [2.05, 4.69) is 5.32 Å². The summed E-state index contributed by atoms with van der Waals surface area (Å²) < 4.78 is 30.4. The Bertz CT molecular complexity index is 889. The number of rotatable bonds is 1. The fourth-order valence-electron chi connectivity index (χ4n) is 2.99. The number of anilines is 1. The summed E-state index contributed by atoms with van der Waals surface area (Å²) in [6, 6.07) is 2.80. The predicted molar refractivity (Wildman–Crippen MR) is 85.5 cm³/mol. The van der Waals surface area contributed by atoms with Gasteiger partial charge in [0.05, 0.1) is 28.9 Å². The van der Waals surface area contributed by atoms with Crippen molar-refractivity contribution in [3.63, 3.8) is 0 Å². The van der Waals surface area contributed by atoms with Gasteiger partial charge in [-0.05, 0) is 12.1 Å². The molecule has 0 radical (unpaired) electrons. The number of carbonyl (C=O) groups is 2. The van der Waals surface area contributed by atoms with Gasteiger partial charge in [-0.2, -0.15) is 0 Å². The summed E-state index contributed by atoms with van der Waals surface area (Å²) >= 11 is 6.00. The molecule has 130 valence electrons. The second kappa shape index (κ2) is 5.75. The van der Waals surface area contributed by atoms with E-state index in [9.17, 15) is 14.0 Å². The van der Waals surface area contributed by atoms with Gasteiger partial charge < -0.3 is 19.2 Å². The van der Waals surface area contributed by atoms with E-state index in [1.165, 1.54) is 23.3 Å². The summed E-state index contributed by atoms with van der Waals surface area (Å²) in [5.74, 6) is -3.81. The third-order valence-electron chi connectivity index (χ3n) is 4.05. The van der Waals surface area contributed by atoms with Gasteiger partial charge in [0.1, 0.15) is 0 Å². The minimum absolute atomic E-state index is 0.0311. The molecule has 4 rings (SSSR count). The largest absolute Gasteiger partial charge is 0.462 e. The highest BCUT2D eigenvalue weighted by Crippen LogP contribution is 2.39. The molecule has 0 aliphatic carbocycles. The van der Waals surface area contributed by atoms with Crippen molar-refractivity contribution in [3.05, 3.63) is 41.4 Å². The van der Waals surface area contributed by atoms with Crippen LogP contribution in [0.25, 0.3) is 11.0 Å². The van der Waals surface area contributed by atoms with Crippen LogP contribution in [0.5, 0.6) is 0 Å². The third-order valence-corrected chi connectivity index (χ3v) is 4.32. The van der Waals surface area contributed by atoms with Gasteiger partial charge >= 0.3 is 17.8 Å². The smallest absolute Gasteiger partial charge is 0.356 e. The Kier molecular flexibility index (Phi) is 3.66. The number of benzene rings is 1. The molecule has 2 aliphatic heterocycles. The third kappa shape index (κ3) is 2.54. The highest BCUT2D eigenvalue weighted by molar-refractivity contribution is 6.32. The number of piperazine rings is 1. The van der Waals surface area contributed by atoms with Crippen LogP contribution in [0.15, 0.2) is 35.0 Å². The molecular formula is C16H12ClFN2O5. The lowest BCUT2D eigenvalue weighted by atomic mass is 10.1. The summed E-state index contributed by atoms with van der Waals surface area (Å²) in [5.41, 5.74) is 0.572. The van der Waals surface area contributed by atoms with Crippen molar-refractivity contribution >= 4 is 40.2 Å². The van der Waals surface area contributed by atoms with Crippen LogP contribution in [0.2, 0.25) is 5.02 Å². The molecule has 0 bridgehead atoms. The molecule has 1 aromatic carbocycles. The Balaban J connectivity index is 1.88. The van der Waals surface area contributed by atoms with Crippen molar-refractivity contribution < 1.29 is 27.9 Å². The maximum atomic E-state index is 14.2. The SMILES string of the molecule is O=C1C=CC(=O)OC2(CNCCN2c2cc(Cl)c(F)c3ccoc23)O1. The second-order valence-corrected chi connectivity index (χ2v) is 5.98. The quantitative estimate of drug-likeness (QED) is 0.772. The van der Waals surface area contributed by atoms with Crippen LogP contribution in [0.1, 0.15) is 0 Å². The van der Waals surface area contributed by atoms with Crippen LogP contribution in [-0.2, 0) is 19.1 Å². The average molecular weight is 367 g/mol. The van der Waals surface area contributed by atoms with Crippen LogP contribution in [0.3, 0.4) is 0 Å². The standard InChI is InChI=1S/C16H12ClFN2O5/c17-10-7-11(15-9(14(10)18)3-6-23-15)20-5-4-19-8-16(20)24-12(21)1-2-13(22)25-16/h1-3,6-7,19H,4-5,8H2. The molecule has 2 aliphatic rings. The number of esters is 2. The number of nitrogens with one attached hydrogen (secondary N) is 1. The zero-order chi connectivity index (χ0) is 17.6. The van der Waals surface area contributed by atoms with E-state index in [1.807, 2.05) is 0 Å². The van der Waals surface area contributed by atoms with Gasteiger partial charge in [-0.15, -0.1) is 0 Å². The first-order valence-corrected chi connectivity index (χ1v) is 7.85. The first-order chi connectivity index (χ1) is 12.0. The lowest BCUT2D eigenvalue weighted by Gasteiger charge is -2.44. The van der Waals surface area contributed by atoms with Crippen molar-refractivity contribution in [2.24, 2.45) is 0 Å². The van der Waals surface area contributed by atoms with Gasteiger partial charge in [0, 0.05) is 25.2 Å². The summed E-state index contributed by atoms with van der Waals surface area (Å²) in [7, 11) is 0. The monoisotopic (exact) mass is 366 g/mol. The zero-order valence-electron chi connectivity index (χ0n) is 12.8. The summed E-state index contributed by atoms with van der Waals surface area (Å²) in [6.45, 7) is 0.850. The second-order valence-electron chi connectivity index (χ2n) is 5.57. The van der Waals surface area contributed by atoms with Crippen LogP contribution in [0.4, 0.5) is 10.1 Å². The fraction of sp³-hybridized carbons (Fsp3) is 0.250. The molecular weight excluding hydrogens is 355 g/mol. The van der Waals surface area contributed by atoms with Gasteiger partial charge in [0.15, 0.2) is 11.4 Å². The van der Waals surface area contributed by atoms with Crippen molar-refractivity contribution in [2.75, 3.05) is 24.5 Å². The van der Waals surface area contributed by atoms with E-state index in [1.54, 1.807) is 0 Å². The van der Waals surface area contributed by atoms with Gasteiger partial charge in [-0.3, -0.25) is 4.90 Å². The summed E-state index contributed by atoms with van der Waals surface area (Å²) in [4.78, 5) is 25.3. The minimum Gasteiger partial charge on any atom is -0.462 e. The van der Waals surface area contributed by atoms with Crippen LogP contribution >= 0.6 is 11.6 Å². The molecule has 1 N–H and O–H groups in total. The maximum absolute atomic E-state index is 14.2. The first kappa shape index (κ1) is 15.9. The molecule has 0 saturated carbocycles. The Morgan fingerprint density at radius 1 is 1.24 bits per heavy atom. The topological polar surface area (TPSA) is 81.0 Å². The number of hydrogen-bond donors (Lipinski definition) is 1. The number of ether oxygens (including phenoxy) is 2. The maximum Gasteiger partial charge on any atom is 0.356 e. The number of nitrogens with zero attached hydrogens (tertiary/aromatic N) is 1. The molecule has 0 unspecified atom stereocenters. The molecule has 0 atom stereocenters. The molecule has 1 fully saturated rings. The number of carbonyl (C=O) groups excluding carboxylic acids is 2. The molecule has 3 heterocycles. The molecule has 7 nitrogen and oxygen atoms in total. The molecule has 2 aromatic rings. The molecule has 1 saturated heterocycles. The van der Waals surface area contributed by atoms with E-state index in [4.69, 9.17) is 25.5 Å². The van der Waals surface area contributed by atoms with Crippen molar-refractivity contribution in [1.82, 2.24) is 5.32 Å². The zero-order valence-corrected chi connectivity index (χ0v) is 13.5. The van der Waals surface area contributed by atoms with E-state index in [-0.39, 0.29) is 22.5 Å². The summed E-state index contributed by atoms with van der Waals surface area (Å²) in [6.07, 6.45) is 3.31. The number of fused-ring (bicyclic) bond motifs is 1. The van der Waals surface area contributed by atoms with Crippen LogP contribution in [0, 0.1) is 5.82 Å². The Labute approximate surface area is 145 Å². The number of hydrogen-bond acceptors (Lipinski definition) is 7. The van der Waals surface area contributed by atoms with E-state index in [0.29, 0.717) is 18.8 Å². The highest BCUT2D eigenvalue weighted by Gasteiger charge is 2.48. The van der Waals surface area contributed by atoms with E-state index in [0.717, 1.165) is 12.2 Å². The van der Waals surface area contributed by atoms with Crippen molar-refractivity contribution in [2.45, 2.75) is 5.91 Å². The molecule has 0 amide bonds. The normalized spacial score (nSPS) is 19.8. The van der Waals surface area contributed by atoms with Gasteiger partial charge in [-0.1, -0.05) is 11.6 Å². The van der Waals surface area contributed by atoms with Gasteiger partial charge in [-0.25, -0.2) is 14.0 Å². The van der Waals surface area contributed by atoms with E-state index >= 15 is 0 Å². The van der Waals surface area contributed by atoms with Crippen LogP contribution in [-0.4, -0.2) is 37.5 Å². The lowest BCUT2D eigenvalue weighted by molar-refractivity contribution is -0.221. The Morgan fingerprint density at radius 3 is 2.68 bits per heavy atom. The van der Waals surface area contributed by atoms with Gasteiger partial charge in [0.2, 0.25) is 0 Å². The first-order valence-electron chi connectivity index (χ1n) is 7.48. The molecule has 1 spiro atoms. The lowest BCUT2D eigenvalue weighted by Crippen LogP contribution is -2.65. The fourth-order valence-corrected chi connectivity index (χ4v) is 3.19. The minimum atomic E-state index is -1.73. The molecule has 1 aromatic heterocycles. The average Bonchev–Trinajstić information content (AvgIpc) is 3.02. The summed E-state index contributed by atoms with van der Waals surface area (Å²) in [5, 5.41) is 3.08.